The molecule has 0 aromatic heterocycles. The Balaban J connectivity index is 0.924. The van der Waals surface area contributed by atoms with E-state index >= 15 is 0 Å². The Labute approximate surface area is 505 Å². The Morgan fingerprint density at radius 2 is 0.869 bits per heavy atom. The summed E-state index contributed by atoms with van der Waals surface area (Å²) in [6, 6.07) is 37.6. The Bertz CT molecular complexity index is 3160. The number of hydrogen-bond acceptors (Lipinski definition) is 8. The van der Waals surface area contributed by atoms with Gasteiger partial charge < -0.3 is 35.2 Å². The van der Waals surface area contributed by atoms with Gasteiger partial charge in [0.15, 0.2) is 0 Å². The number of aliphatic hydroxyl groups excluding tert-OH is 1. The molecule has 2 heterocycles. The lowest BCUT2D eigenvalue weighted by atomic mass is 9.65. The lowest BCUT2D eigenvalue weighted by Gasteiger charge is -2.31. The van der Waals surface area contributed by atoms with Gasteiger partial charge in [-0.05, 0) is 109 Å². The van der Waals surface area contributed by atoms with Crippen molar-refractivity contribution in [1.29, 1.82) is 0 Å². The van der Waals surface area contributed by atoms with Crippen LogP contribution in [0.15, 0.2) is 120 Å². The van der Waals surface area contributed by atoms with E-state index in [4.69, 9.17) is 14.4 Å². The summed E-state index contributed by atoms with van der Waals surface area (Å²) in [6.07, 6.45) is 41.3. The fourth-order valence-corrected chi connectivity index (χ4v) is 13.2. The van der Waals surface area contributed by atoms with Crippen molar-refractivity contribution in [1.82, 2.24) is 0 Å². The molecular weight excluding hydrogens is 1030 g/mol. The standard InChI is InChI=1S/C74H100B2N4O4/c1-5-9-13-17-21-25-29-37-59(38-30-26-22-18-14-10-6-2)83-61-49-45-57(46-50-61)75-77-65-41-33-35-55-43-53-63(71(79-75)67(55)65)69-73(81)70(74(69)82)64-54-44-56-36-34-42-66-68(56)72(64)80-76(78-66)58-47-51-62(52-48-58)84-60(39-31-27-23-19-15-11-7-3)40-32-28-24-20-16-12-8-4/h33-36,41-54,59-60,77-79,81H,5-32,37-40H2,1-4H3/b70-64+. The molecule has 6 aromatic carbocycles. The fourth-order valence-electron chi connectivity index (χ4n) is 13.2. The third kappa shape index (κ3) is 16.6. The zero-order valence-corrected chi connectivity index (χ0v) is 51.9. The van der Waals surface area contributed by atoms with E-state index in [1.807, 2.05) is 18.2 Å². The third-order valence-corrected chi connectivity index (χ3v) is 18.2. The molecule has 10 heteroatoms. The molecule has 9 rings (SSSR count). The van der Waals surface area contributed by atoms with Crippen molar-refractivity contribution >= 4 is 80.4 Å². The van der Waals surface area contributed by atoms with Crippen LogP contribution in [-0.2, 0) is 4.79 Å². The normalized spacial score (nSPS) is 14.3. The predicted molar refractivity (Wildman–Crippen MR) is 360 cm³/mol. The van der Waals surface area contributed by atoms with Crippen molar-refractivity contribution in [3.8, 4) is 11.5 Å². The minimum Gasteiger partial charge on any atom is -0.506 e. The first-order valence-corrected chi connectivity index (χ1v) is 33.9. The van der Waals surface area contributed by atoms with E-state index in [-0.39, 0.29) is 30.7 Å². The fraction of sp³-hybridized carbons (Fsp3) is 0.514. The number of unbranched alkanes of at least 4 members (excludes halogenated alkanes) is 24. The molecule has 0 atom stereocenters. The van der Waals surface area contributed by atoms with Crippen LogP contribution in [0, 0.1) is 0 Å². The highest BCUT2D eigenvalue weighted by atomic mass is 16.5. The number of nitrogens with one attached hydrogen (secondary N) is 3. The number of ether oxygens (including phenoxy) is 2. The number of carbonyl (C=O) groups excluding carboxylic acids is 1. The van der Waals surface area contributed by atoms with E-state index in [2.05, 4.69) is 134 Å². The van der Waals surface area contributed by atoms with Gasteiger partial charge in [-0.3, -0.25) is 4.79 Å². The number of ketones is 1. The van der Waals surface area contributed by atoms with Gasteiger partial charge in [0, 0.05) is 38.6 Å². The van der Waals surface area contributed by atoms with Crippen molar-refractivity contribution < 1.29 is 19.4 Å². The Kier molecular flexibility index (Phi) is 24.5. The lowest BCUT2D eigenvalue weighted by Crippen LogP contribution is -2.48. The Morgan fingerprint density at radius 3 is 1.35 bits per heavy atom. The number of rotatable bonds is 39. The predicted octanol–water partition coefficient (Wildman–Crippen LogP) is 18.4. The van der Waals surface area contributed by atoms with E-state index in [1.54, 1.807) is 0 Å². The average Bonchev–Trinajstić information content (AvgIpc) is 1.07. The summed E-state index contributed by atoms with van der Waals surface area (Å²) >= 11 is 0. The van der Waals surface area contributed by atoms with Crippen molar-refractivity contribution in [2.45, 2.75) is 245 Å². The van der Waals surface area contributed by atoms with Crippen LogP contribution in [0.25, 0.3) is 32.7 Å². The van der Waals surface area contributed by atoms with Gasteiger partial charge in [0.05, 0.1) is 28.7 Å². The zero-order valence-electron chi connectivity index (χ0n) is 51.9. The highest BCUT2D eigenvalue weighted by Gasteiger charge is 2.39. The van der Waals surface area contributed by atoms with Gasteiger partial charge in [0.1, 0.15) is 17.3 Å². The summed E-state index contributed by atoms with van der Waals surface area (Å²) in [6.45, 7) is 8.45. The number of carbonyl (C=O) groups is 1. The number of Topliss-reactive ketones (excluding diaryl/α,β-unsaturated/α-hetero) is 1. The summed E-state index contributed by atoms with van der Waals surface area (Å²) in [5.74, 6) is 1.62. The largest absolute Gasteiger partial charge is 0.506 e. The zero-order chi connectivity index (χ0) is 58.3. The third-order valence-electron chi connectivity index (χ3n) is 18.2. The average molecular weight is 1130 g/mol. The van der Waals surface area contributed by atoms with E-state index in [0.717, 1.165) is 86.7 Å². The molecule has 2 aliphatic heterocycles. The van der Waals surface area contributed by atoms with Crippen molar-refractivity contribution in [2.75, 3.05) is 15.7 Å². The Hall–Kier alpha value is -6.15. The number of benzene rings is 6. The van der Waals surface area contributed by atoms with E-state index in [9.17, 15) is 9.90 Å². The number of nitrogens with zero attached hydrogens (tertiary/aromatic N) is 1. The molecule has 8 nitrogen and oxygen atoms in total. The van der Waals surface area contributed by atoms with Gasteiger partial charge in [0.25, 0.3) is 0 Å². The molecule has 0 unspecified atom stereocenters. The van der Waals surface area contributed by atoms with Crippen LogP contribution >= 0.6 is 0 Å². The maximum atomic E-state index is 14.9. The first kappa shape index (κ1) is 62.4. The molecule has 0 fully saturated rings. The van der Waals surface area contributed by atoms with Gasteiger partial charge >= 0.3 is 14.0 Å². The van der Waals surface area contributed by atoms with E-state index in [1.165, 1.54) is 180 Å². The number of anilines is 3. The van der Waals surface area contributed by atoms with Crippen LogP contribution in [0.3, 0.4) is 0 Å². The molecular formula is C74H100B2N4O4. The first-order valence-electron chi connectivity index (χ1n) is 33.9. The summed E-state index contributed by atoms with van der Waals surface area (Å²) in [5.41, 5.74) is 6.13. The second-order valence-corrected chi connectivity index (χ2v) is 24.8. The second-order valence-electron chi connectivity index (χ2n) is 24.8. The molecule has 0 radical (unpaired) electrons. The maximum Gasteiger partial charge on any atom is 0.427 e. The monoisotopic (exact) mass is 1130 g/mol. The summed E-state index contributed by atoms with van der Waals surface area (Å²) in [4.78, 5) is 20.3. The van der Waals surface area contributed by atoms with Crippen LogP contribution in [-0.4, -0.2) is 37.1 Å². The van der Waals surface area contributed by atoms with Crippen LogP contribution in [0.5, 0.6) is 11.5 Å². The van der Waals surface area contributed by atoms with Crippen LogP contribution < -0.4 is 46.7 Å². The first-order chi connectivity index (χ1) is 41.4. The van der Waals surface area contributed by atoms with Crippen LogP contribution in [0.1, 0.15) is 239 Å². The minimum absolute atomic E-state index is 0.00332. The van der Waals surface area contributed by atoms with E-state index < -0.39 is 6.98 Å². The maximum absolute atomic E-state index is 14.9. The van der Waals surface area contributed by atoms with E-state index in [0.29, 0.717) is 27.3 Å². The Morgan fingerprint density at radius 1 is 0.440 bits per heavy atom. The SMILES string of the molecule is CCCCCCCCCC(CCCCCCCCC)Oc1ccc(B2N=c3/c(=C4/C(=O)C(c5ccc6cccc7c6c5NB(c5ccc(OC(CCCCCCCCC)CCCCCCCCC)cc5)N7)=C4O)ccc4cccc(c34)N2)cc1. The number of hydrogen-bond donors (Lipinski definition) is 4. The molecule has 3 aliphatic rings. The second kappa shape index (κ2) is 32.9. The summed E-state index contributed by atoms with van der Waals surface area (Å²) in [5, 5.41) is 28.9. The van der Waals surface area contributed by atoms with Gasteiger partial charge in [-0.25, -0.2) is 0 Å². The quantitative estimate of drug-likeness (QED) is 0.0225. The molecule has 84 heavy (non-hydrogen) atoms. The molecule has 4 N–H and O–H groups in total. The molecule has 0 amide bonds. The van der Waals surface area contributed by atoms with Crippen LogP contribution in [0.4, 0.5) is 17.1 Å². The molecule has 1 aliphatic carbocycles. The van der Waals surface area contributed by atoms with Gasteiger partial charge in [0.2, 0.25) is 5.78 Å². The summed E-state index contributed by atoms with van der Waals surface area (Å²) < 4.78 is 13.6. The smallest absolute Gasteiger partial charge is 0.427 e. The summed E-state index contributed by atoms with van der Waals surface area (Å²) in [7, 11) is 0. The highest BCUT2D eigenvalue weighted by molar-refractivity contribution is 6.80. The van der Waals surface area contributed by atoms with Crippen LogP contribution in [0.2, 0.25) is 0 Å². The molecule has 446 valence electrons. The number of allylic oxidation sites excluding steroid dienone is 2. The molecule has 0 bridgehead atoms. The van der Waals surface area contributed by atoms with Gasteiger partial charge in [-0.1, -0.05) is 255 Å². The van der Waals surface area contributed by atoms with Crippen molar-refractivity contribution in [2.24, 2.45) is 4.90 Å². The lowest BCUT2D eigenvalue weighted by molar-refractivity contribution is -0.109. The van der Waals surface area contributed by atoms with Crippen molar-refractivity contribution in [3.05, 3.63) is 131 Å². The highest BCUT2D eigenvalue weighted by Crippen LogP contribution is 2.45. The minimum atomic E-state index is -0.403. The van der Waals surface area contributed by atoms with Gasteiger partial charge in [-0.15, -0.1) is 0 Å². The topological polar surface area (TPSA) is 104 Å². The number of aliphatic hydroxyl groups is 1. The van der Waals surface area contributed by atoms with Gasteiger partial charge in [-0.2, -0.15) is 0 Å². The molecule has 0 saturated carbocycles. The molecule has 0 saturated heterocycles. The van der Waals surface area contributed by atoms with Crippen molar-refractivity contribution in [3.63, 3.8) is 0 Å². The molecule has 6 aromatic rings. The molecule has 0 spiro atoms.